The van der Waals surface area contributed by atoms with Gasteiger partial charge in [-0.25, -0.2) is 0 Å². The van der Waals surface area contributed by atoms with Gasteiger partial charge in [0, 0.05) is 18.2 Å². The van der Waals surface area contributed by atoms with E-state index < -0.39 is 0 Å². The normalized spacial score (nSPS) is 12.7. The van der Waals surface area contributed by atoms with Crippen molar-refractivity contribution >= 4 is 11.6 Å². The number of halogens is 1. The first-order chi connectivity index (χ1) is 7.76. The summed E-state index contributed by atoms with van der Waals surface area (Å²) in [5, 5.41) is 0.780. The molecular weight excluding hydrogens is 222 g/mol. The summed E-state index contributed by atoms with van der Waals surface area (Å²) in [6.07, 6.45) is 2.02. The topological polar surface area (TPSA) is 35.2 Å². The highest BCUT2D eigenvalue weighted by molar-refractivity contribution is 6.30. The average Bonchev–Trinajstić information content (AvgIpc) is 2.31. The van der Waals surface area contributed by atoms with E-state index in [1.807, 2.05) is 19.1 Å². The quantitative estimate of drug-likeness (QED) is 0.745. The largest absolute Gasteiger partial charge is 0.382 e. The lowest BCUT2D eigenvalue weighted by molar-refractivity contribution is 0.133. The van der Waals surface area contributed by atoms with E-state index in [-0.39, 0.29) is 0 Å². The van der Waals surface area contributed by atoms with Gasteiger partial charge in [0.2, 0.25) is 0 Å². The molecule has 0 bridgehead atoms. The molecule has 0 aliphatic heterocycles. The molecule has 0 saturated heterocycles. The van der Waals surface area contributed by atoms with E-state index >= 15 is 0 Å². The fraction of sp³-hybridized carbons (Fsp3) is 0.538. The van der Waals surface area contributed by atoms with Crippen LogP contribution in [0.1, 0.15) is 18.9 Å². The minimum absolute atomic E-state index is 0.493. The molecule has 1 unspecified atom stereocenters. The van der Waals surface area contributed by atoms with Crippen LogP contribution >= 0.6 is 11.6 Å². The van der Waals surface area contributed by atoms with Gasteiger partial charge < -0.3 is 10.5 Å². The van der Waals surface area contributed by atoms with Crippen molar-refractivity contribution in [2.45, 2.75) is 19.8 Å². The SMILES string of the molecule is CCOCCC(CN)Cc1ccc(Cl)cc1. The standard InChI is InChI=1S/C13H20ClNO/c1-2-16-8-7-12(10-15)9-11-3-5-13(14)6-4-11/h3-6,12H,2,7-10,15H2,1H3. The summed E-state index contributed by atoms with van der Waals surface area (Å²) in [6, 6.07) is 7.97. The monoisotopic (exact) mass is 241 g/mol. The lowest BCUT2D eigenvalue weighted by Gasteiger charge is -2.14. The lowest BCUT2D eigenvalue weighted by Crippen LogP contribution is -2.18. The molecule has 0 aromatic heterocycles. The fourth-order valence-electron chi connectivity index (χ4n) is 1.65. The molecule has 0 aliphatic rings. The van der Waals surface area contributed by atoms with E-state index in [1.165, 1.54) is 5.56 Å². The van der Waals surface area contributed by atoms with Gasteiger partial charge in [-0.3, -0.25) is 0 Å². The van der Waals surface area contributed by atoms with Crippen LogP contribution in [0.15, 0.2) is 24.3 Å². The molecule has 1 rings (SSSR count). The molecule has 0 saturated carbocycles. The minimum atomic E-state index is 0.493. The highest BCUT2D eigenvalue weighted by Crippen LogP contribution is 2.15. The van der Waals surface area contributed by atoms with Crippen molar-refractivity contribution < 1.29 is 4.74 Å². The van der Waals surface area contributed by atoms with Crippen LogP contribution in [-0.2, 0) is 11.2 Å². The third-order valence-electron chi connectivity index (χ3n) is 2.65. The number of benzene rings is 1. The van der Waals surface area contributed by atoms with E-state index in [0.29, 0.717) is 12.5 Å². The molecule has 3 heteroatoms. The minimum Gasteiger partial charge on any atom is -0.382 e. The van der Waals surface area contributed by atoms with Crippen molar-refractivity contribution in [3.05, 3.63) is 34.9 Å². The lowest BCUT2D eigenvalue weighted by atomic mass is 9.97. The second-order valence-electron chi connectivity index (χ2n) is 3.92. The molecule has 16 heavy (non-hydrogen) atoms. The second kappa shape index (κ2) is 7.66. The van der Waals surface area contributed by atoms with E-state index in [2.05, 4.69) is 12.1 Å². The van der Waals surface area contributed by atoms with Gasteiger partial charge in [0.25, 0.3) is 0 Å². The van der Waals surface area contributed by atoms with Crippen molar-refractivity contribution in [3.63, 3.8) is 0 Å². The van der Waals surface area contributed by atoms with Gasteiger partial charge in [-0.15, -0.1) is 0 Å². The molecule has 90 valence electrons. The molecule has 2 N–H and O–H groups in total. The Balaban J connectivity index is 2.40. The van der Waals surface area contributed by atoms with Gasteiger partial charge in [-0.2, -0.15) is 0 Å². The molecule has 1 aromatic rings. The van der Waals surface area contributed by atoms with Crippen molar-refractivity contribution in [2.24, 2.45) is 11.7 Å². The summed E-state index contributed by atoms with van der Waals surface area (Å²) in [5.41, 5.74) is 7.04. The van der Waals surface area contributed by atoms with E-state index in [0.717, 1.165) is 31.1 Å². The number of hydrogen-bond acceptors (Lipinski definition) is 2. The van der Waals surface area contributed by atoms with Gasteiger partial charge in [-0.05, 0) is 49.9 Å². The van der Waals surface area contributed by atoms with Crippen LogP contribution in [0.2, 0.25) is 5.02 Å². The zero-order chi connectivity index (χ0) is 11.8. The van der Waals surface area contributed by atoms with Crippen LogP contribution < -0.4 is 5.73 Å². The molecule has 1 atom stereocenters. The Hall–Kier alpha value is -0.570. The van der Waals surface area contributed by atoms with Gasteiger partial charge >= 0.3 is 0 Å². The highest BCUT2D eigenvalue weighted by Gasteiger charge is 2.07. The first-order valence-corrected chi connectivity index (χ1v) is 6.16. The third-order valence-corrected chi connectivity index (χ3v) is 2.90. The summed E-state index contributed by atoms with van der Waals surface area (Å²) in [4.78, 5) is 0. The predicted octanol–water partition coefficient (Wildman–Crippen LogP) is 2.88. The Labute approximate surface area is 103 Å². The predicted molar refractivity (Wildman–Crippen MR) is 68.8 cm³/mol. The van der Waals surface area contributed by atoms with Crippen molar-refractivity contribution in [1.82, 2.24) is 0 Å². The number of hydrogen-bond donors (Lipinski definition) is 1. The number of nitrogens with two attached hydrogens (primary N) is 1. The summed E-state index contributed by atoms with van der Waals surface area (Å²) in [7, 11) is 0. The summed E-state index contributed by atoms with van der Waals surface area (Å²) >= 11 is 5.84. The maximum Gasteiger partial charge on any atom is 0.0469 e. The van der Waals surface area contributed by atoms with Crippen LogP contribution in [-0.4, -0.2) is 19.8 Å². The first kappa shape index (κ1) is 13.5. The van der Waals surface area contributed by atoms with Crippen LogP contribution in [0.3, 0.4) is 0 Å². The molecule has 0 heterocycles. The Morgan fingerprint density at radius 1 is 1.31 bits per heavy atom. The Morgan fingerprint density at radius 2 is 2.00 bits per heavy atom. The van der Waals surface area contributed by atoms with Crippen LogP contribution in [0.5, 0.6) is 0 Å². The average molecular weight is 242 g/mol. The number of ether oxygens (including phenoxy) is 1. The fourth-order valence-corrected chi connectivity index (χ4v) is 1.78. The zero-order valence-electron chi connectivity index (χ0n) is 9.79. The Morgan fingerprint density at radius 3 is 2.56 bits per heavy atom. The first-order valence-electron chi connectivity index (χ1n) is 5.78. The summed E-state index contributed by atoms with van der Waals surface area (Å²) in [6.45, 7) is 4.29. The molecule has 0 radical (unpaired) electrons. The Kier molecular flexibility index (Phi) is 6.46. The zero-order valence-corrected chi connectivity index (χ0v) is 10.5. The molecule has 2 nitrogen and oxygen atoms in total. The maximum atomic E-state index is 5.84. The molecular formula is C13H20ClNO. The second-order valence-corrected chi connectivity index (χ2v) is 4.35. The molecule has 1 aromatic carbocycles. The van der Waals surface area contributed by atoms with Gasteiger partial charge in [0.05, 0.1) is 0 Å². The highest BCUT2D eigenvalue weighted by atomic mass is 35.5. The third kappa shape index (κ3) is 4.97. The van der Waals surface area contributed by atoms with Crippen LogP contribution in [0, 0.1) is 5.92 Å². The van der Waals surface area contributed by atoms with E-state index in [1.54, 1.807) is 0 Å². The van der Waals surface area contributed by atoms with Crippen LogP contribution in [0.4, 0.5) is 0 Å². The molecule has 0 fully saturated rings. The molecule has 0 spiro atoms. The summed E-state index contributed by atoms with van der Waals surface area (Å²) < 4.78 is 5.35. The molecule has 0 aliphatic carbocycles. The smallest absolute Gasteiger partial charge is 0.0469 e. The van der Waals surface area contributed by atoms with Crippen molar-refractivity contribution in [1.29, 1.82) is 0 Å². The summed E-state index contributed by atoms with van der Waals surface area (Å²) in [5.74, 6) is 0.493. The number of rotatable bonds is 7. The van der Waals surface area contributed by atoms with Crippen molar-refractivity contribution in [2.75, 3.05) is 19.8 Å². The van der Waals surface area contributed by atoms with Crippen LogP contribution in [0.25, 0.3) is 0 Å². The molecule has 0 amide bonds. The van der Waals surface area contributed by atoms with Crippen molar-refractivity contribution in [3.8, 4) is 0 Å². The van der Waals surface area contributed by atoms with Gasteiger partial charge in [0.15, 0.2) is 0 Å². The van der Waals surface area contributed by atoms with E-state index in [4.69, 9.17) is 22.1 Å². The Bertz CT molecular complexity index is 286. The van der Waals surface area contributed by atoms with E-state index in [9.17, 15) is 0 Å². The van der Waals surface area contributed by atoms with Gasteiger partial charge in [-0.1, -0.05) is 23.7 Å². The van der Waals surface area contributed by atoms with Gasteiger partial charge in [0.1, 0.15) is 0 Å². The maximum absolute atomic E-state index is 5.84.